The molecular formula is C12H8DyN2. The van der Waals surface area contributed by atoms with Crippen molar-refractivity contribution in [3.8, 4) is 0 Å². The first kappa shape index (κ1) is 10.8. The molecule has 2 aromatic heterocycles. The summed E-state index contributed by atoms with van der Waals surface area (Å²) in [6.07, 6.45) is 3.60. The van der Waals surface area contributed by atoms with Gasteiger partial charge in [-0.1, -0.05) is 24.3 Å². The maximum absolute atomic E-state index is 4.35. The molecule has 15 heavy (non-hydrogen) atoms. The van der Waals surface area contributed by atoms with E-state index >= 15 is 0 Å². The van der Waals surface area contributed by atoms with E-state index in [4.69, 9.17) is 0 Å². The SMILES string of the molecule is [Dy].c1cnc2c(c1)ccc1cccnc12. The standard InChI is InChI=1S/C12H8N2.Dy/c1-3-9-5-6-10-4-2-8-14-12(10)11(9)13-7-1;/h1-8H;. The predicted molar refractivity (Wildman–Crippen MR) is 57.0 cm³/mol. The normalized spacial score (nSPS) is 10.1. The van der Waals surface area contributed by atoms with E-state index in [0.29, 0.717) is 0 Å². The average Bonchev–Trinajstić information content (AvgIpc) is 2.29. The van der Waals surface area contributed by atoms with Crippen LogP contribution in [-0.4, -0.2) is 9.97 Å². The van der Waals surface area contributed by atoms with Crippen LogP contribution in [-0.2, 0) is 0 Å². The first-order valence-corrected chi connectivity index (χ1v) is 4.53. The van der Waals surface area contributed by atoms with Crippen molar-refractivity contribution in [2.24, 2.45) is 0 Å². The Labute approximate surface area is 118 Å². The van der Waals surface area contributed by atoms with E-state index < -0.39 is 0 Å². The van der Waals surface area contributed by atoms with Crippen molar-refractivity contribution in [2.45, 2.75) is 0 Å². The zero-order valence-electron chi connectivity index (χ0n) is 7.83. The molecule has 0 saturated carbocycles. The molecule has 1 aromatic carbocycles. The molecule has 3 heteroatoms. The van der Waals surface area contributed by atoms with Crippen LogP contribution in [0.5, 0.6) is 0 Å². The van der Waals surface area contributed by atoms with Gasteiger partial charge in [0.15, 0.2) is 0 Å². The minimum absolute atomic E-state index is 0. The molecule has 3 rings (SSSR count). The largest absolute Gasteiger partial charge is 0.254 e. The Balaban J connectivity index is 0.000000853. The zero-order valence-corrected chi connectivity index (χ0v) is 9.86. The number of hydrogen-bond acceptors (Lipinski definition) is 2. The Morgan fingerprint density at radius 2 is 1.13 bits per heavy atom. The van der Waals surface area contributed by atoms with E-state index in [1.54, 1.807) is 12.4 Å². The van der Waals surface area contributed by atoms with Crippen LogP contribution in [0.4, 0.5) is 0 Å². The van der Waals surface area contributed by atoms with Crippen molar-refractivity contribution in [1.82, 2.24) is 9.97 Å². The number of pyridine rings is 2. The summed E-state index contributed by atoms with van der Waals surface area (Å²) in [4.78, 5) is 8.69. The van der Waals surface area contributed by atoms with E-state index in [9.17, 15) is 0 Å². The molecule has 0 spiro atoms. The molecule has 0 N–H and O–H groups in total. The minimum Gasteiger partial charge on any atom is -0.254 e. The average molecular weight is 343 g/mol. The minimum atomic E-state index is 0. The zero-order chi connectivity index (χ0) is 9.38. The summed E-state index contributed by atoms with van der Waals surface area (Å²) < 4.78 is 0. The molecule has 0 unspecified atom stereocenters. The van der Waals surface area contributed by atoms with Gasteiger partial charge < -0.3 is 0 Å². The molecule has 0 fully saturated rings. The molecule has 2 nitrogen and oxygen atoms in total. The molecule has 0 saturated heterocycles. The summed E-state index contributed by atoms with van der Waals surface area (Å²) in [7, 11) is 0. The Morgan fingerprint density at radius 3 is 1.60 bits per heavy atom. The summed E-state index contributed by atoms with van der Waals surface area (Å²) in [6, 6.07) is 12.1. The number of fused-ring (bicyclic) bond motifs is 3. The maximum atomic E-state index is 4.35. The number of nitrogens with zero attached hydrogens (tertiary/aromatic N) is 2. The Bertz CT molecular complexity index is 553. The number of benzene rings is 1. The van der Waals surface area contributed by atoms with Crippen molar-refractivity contribution in [1.29, 1.82) is 0 Å². The molecule has 0 aliphatic carbocycles. The topological polar surface area (TPSA) is 25.8 Å². The van der Waals surface area contributed by atoms with Crippen LogP contribution in [0.25, 0.3) is 21.8 Å². The van der Waals surface area contributed by atoms with Gasteiger partial charge in [0.25, 0.3) is 0 Å². The molecular weight excluding hydrogens is 335 g/mol. The number of aromatic nitrogens is 2. The van der Waals surface area contributed by atoms with Crippen LogP contribution < -0.4 is 0 Å². The second-order valence-electron chi connectivity index (χ2n) is 3.22. The van der Waals surface area contributed by atoms with E-state index in [-0.39, 0.29) is 38.2 Å². The predicted octanol–water partition coefficient (Wildman–Crippen LogP) is 2.78. The van der Waals surface area contributed by atoms with Gasteiger partial charge in [-0.15, -0.1) is 0 Å². The number of rotatable bonds is 0. The molecule has 0 aliphatic rings. The Kier molecular flexibility index (Phi) is 3.20. The van der Waals surface area contributed by atoms with Crippen molar-refractivity contribution >= 4 is 21.8 Å². The van der Waals surface area contributed by atoms with Gasteiger partial charge in [-0.2, -0.15) is 0 Å². The molecule has 76 valence electrons. The quantitative estimate of drug-likeness (QED) is 0.587. The van der Waals surface area contributed by atoms with Crippen LogP contribution in [0.15, 0.2) is 48.8 Å². The molecule has 0 aliphatic heterocycles. The fraction of sp³-hybridized carbons (Fsp3) is 0. The third-order valence-electron chi connectivity index (χ3n) is 2.34. The Hall–Kier alpha value is -0.687. The second-order valence-corrected chi connectivity index (χ2v) is 3.22. The fourth-order valence-corrected chi connectivity index (χ4v) is 1.68. The van der Waals surface area contributed by atoms with Gasteiger partial charge in [-0.05, 0) is 12.1 Å². The van der Waals surface area contributed by atoms with E-state index in [1.165, 1.54) is 0 Å². The first-order chi connectivity index (χ1) is 6.95. The molecule has 2 heterocycles. The summed E-state index contributed by atoms with van der Waals surface area (Å²) in [5.74, 6) is 0. The molecule has 0 amide bonds. The van der Waals surface area contributed by atoms with Crippen molar-refractivity contribution in [3.63, 3.8) is 0 Å². The van der Waals surface area contributed by atoms with Crippen molar-refractivity contribution < 1.29 is 38.2 Å². The summed E-state index contributed by atoms with van der Waals surface area (Å²) in [6.45, 7) is 0. The van der Waals surface area contributed by atoms with Gasteiger partial charge >= 0.3 is 0 Å². The summed E-state index contributed by atoms with van der Waals surface area (Å²) in [5, 5.41) is 2.28. The molecule has 0 atom stereocenters. The second kappa shape index (κ2) is 4.44. The van der Waals surface area contributed by atoms with Gasteiger partial charge in [-0.25, -0.2) is 0 Å². The molecule has 0 bridgehead atoms. The van der Waals surface area contributed by atoms with E-state index in [1.807, 2.05) is 12.1 Å². The van der Waals surface area contributed by atoms with Crippen LogP contribution in [0.2, 0.25) is 0 Å². The van der Waals surface area contributed by atoms with Gasteiger partial charge in [0.1, 0.15) is 0 Å². The third-order valence-corrected chi connectivity index (χ3v) is 2.34. The van der Waals surface area contributed by atoms with Crippen LogP contribution in [0, 0.1) is 38.2 Å². The maximum Gasteiger partial charge on any atom is 0.0964 e. The van der Waals surface area contributed by atoms with E-state index in [0.717, 1.165) is 21.8 Å². The van der Waals surface area contributed by atoms with Gasteiger partial charge in [0.05, 0.1) is 11.0 Å². The molecule has 3 aromatic rings. The molecule has 0 radical (unpaired) electrons. The monoisotopic (exact) mass is 344 g/mol. The summed E-state index contributed by atoms with van der Waals surface area (Å²) in [5.41, 5.74) is 1.95. The summed E-state index contributed by atoms with van der Waals surface area (Å²) >= 11 is 0. The fourth-order valence-electron chi connectivity index (χ4n) is 1.68. The van der Waals surface area contributed by atoms with Crippen LogP contribution >= 0.6 is 0 Å². The Morgan fingerprint density at radius 1 is 0.667 bits per heavy atom. The van der Waals surface area contributed by atoms with Gasteiger partial charge in [-0.3, -0.25) is 9.97 Å². The van der Waals surface area contributed by atoms with Crippen molar-refractivity contribution in [3.05, 3.63) is 48.8 Å². The van der Waals surface area contributed by atoms with Crippen LogP contribution in [0.1, 0.15) is 0 Å². The number of hydrogen-bond donors (Lipinski definition) is 0. The third kappa shape index (κ3) is 1.85. The van der Waals surface area contributed by atoms with Gasteiger partial charge in [0.2, 0.25) is 0 Å². The smallest absolute Gasteiger partial charge is 0.0964 e. The van der Waals surface area contributed by atoms with Gasteiger partial charge in [0, 0.05) is 61.3 Å². The van der Waals surface area contributed by atoms with Crippen molar-refractivity contribution in [2.75, 3.05) is 0 Å². The van der Waals surface area contributed by atoms with E-state index in [2.05, 4.69) is 34.2 Å². The first-order valence-electron chi connectivity index (χ1n) is 4.53. The van der Waals surface area contributed by atoms with Crippen LogP contribution in [0.3, 0.4) is 0 Å².